The fourth-order valence-electron chi connectivity index (χ4n) is 2.50. The zero-order valence-corrected chi connectivity index (χ0v) is 15.0. The molecule has 0 aromatic heterocycles. The van der Waals surface area contributed by atoms with Crippen LogP contribution in [0.4, 0.5) is 0 Å². The summed E-state index contributed by atoms with van der Waals surface area (Å²) < 4.78 is 10.1. The highest BCUT2D eigenvalue weighted by atomic mass is 16.6. The molecular weight excluding hydrogens is 336 g/mol. The Labute approximate surface area is 152 Å². The summed E-state index contributed by atoms with van der Waals surface area (Å²) in [5.41, 5.74) is 1.63. The third-order valence-corrected chi connectivity index (χ3v) is 3.85. The first-order valence-corrected chi connectivity index (χ1v) is 8.53. The van der Waals surface area contributed by atoms with Crippen molar-refractivity contribution in [2.45, 2.75) is 38.9 Å². The van der Waals surface area contributed by atoms with Crippen molar-refractivity contribution in [1.82, 2.24) is 0 Å². The van der Waals surface area contributed by atoms with Gasteiger partial charge in [0.25, 0.3) is 0 Å². The number of aliphatic hydroxyl groups excluding tert-OH is 2. The molecule has 2 unspecified atom stereocenters. The van der Waals surface area contributed by atoms with Crippen molar-refractivity contribution in [2.24, 2.45) is 0 Å². The van der Waals surface area contributed by atoms with E-state index in [1.54, 1.807) is 13.8 Å². The van der Waals surface area contributed by atoms with E-state index in [0.29, 0.717) is 0 Å². The lowest BCUT2D eigenvalue weighted by atomic mass is 10.0. The molecule has 0 amide bonds. The summed E-state index contributed by atoms with van der Waals surface area (Å²) in [6.07, 6.45) is -0.765. The predicted octanol–water partition coefficient (Wildman–Crippen LogP) is 1.77. The zero-order valence-electron chi connectivity index (χ0n) is 15.0. The first kappa shape index (κ1) is 19.9. The van der Waals surface area contributed by atoms with Gasteiger partial charge in [-0.05, 0) is 35.7 Å². The van der Waals surface area contributed by atoms with Crippen molar-refractivity contribution in [3.05, 3.63) is 47.5 Å². The van der Waals surface area contributed by atoms with Crippen LogP contribution < -0.4 is 0 Å². The molecule has 0 saturated heterocycles. The Morgan fingerprint density at radius 1 is 0.808 bits per heavy atom. The number of ether oxygens (including phenoxy) is 2. The van der Waals surface area contributed by atoms with Crippen LogP contribution in [0.1, 0.15) is 25.0 Å². The van der Waals surface area contributed by atoms with E-state index in [1.807, 2.05) is 36.4 Å². The van der Waals surface area contributed by atoms with Gasteiger partial charge in [-0.2, -0.15) is 0 Å². The van der Waals surface area contributed by atoms with E-state index >= 15 is 0 Å². The van der Waals surface area contributed by atoms with Crippen molar-refractivity contribution >= 4 is 22.7 Å². The summed E-state index contributed by atoms with van der Waals surface area (Å²) in [5.74, 6) is -0.772. The lowest BCUT2D eigenvalue weighted by molar-refractivity contribution is -0.150. The maximum Gasteiger partial charge on any atom is 0.310 e. The fraction of sp³-hybridized carbons (Fsp3) is 0.400. The number of carbonyl (C=O) groups excluding carboxylic acids is 2. The van der Waals surface area contributed by atoms with Crippen LogP contribution in [-0.2, 0) is 31.9 Å². The van der Waals surface area contributed by atoms with E-state index in [4.69, 9.17) is 19.7 Å². The topological polar surface area (TPSA) is 93.1 Å². The van der Waals surface area contributed by atoms with Gasteiger partial charge >= 0.3 is 11.9 Å². The van der Waals surface area contributed by atoms with Gasteiger partial charge in [-0.1, -0.05) is 36.4 Å². The molecule has 0 aliphatic carbocycles. The number of hydrogen-bond acceptors (Lipinski definition) is 6. The van der Waals surface area contributed by atoms with Crippen molar-refractivity contribution in [2.75, 3.05) is 13.2 Å². The van der Waals surface area contributed by atoms with E-state index in [1.165, 1.54) is 0 Å². The van der Waals surface area contributed by atoms with Gasteiger partial charge in [-0.15, -0.1) is 0 Å². The van der Waals surface area contributed by atoms with Gasteiger partial charge in [-0.25, -0.2) is 0 Å². The van der Waals surface area contributed by atoms with Crippen molar-refractivity contribution < 1.29 is 29.3 Å². The molecule has 0 fully saturated rings. The lowest BCUT2D eigenvalue weighted by Gasteiger charge is -2.11. The second-order valence-corrected chi connectivity index (χ2v) is 6.34. The molecule has 0 spiro atoms. The Morgan fingerprint density at radius 2 is 1.19 bits per heavy atom. The molecule has 0 aliphatic rings. The molecule has 0 heterocycles. The maximum atomic E-state index is 11.8. The van der Waals surface area contributed by atoms with E-state index in [0.717, 1.165) is 21.9 Å². The fourth-order valence-corrected chi connectivity index (χ4v) is 2.50. The Morgan fingerprint density at radius 3 is 1.54 bits per heavy atom. The van der Waals surface area contributed by atoms with Crippen LogP contribution in [0.3, 0.4) is 0 Å². The van der Waals surface area contributed by atoms with Crippen LogP contribution in [0.2, 0.25) is 0 Å². The number of fused-ring (bicyclic) bond motifs is 1. The normalized spacial score (nSPS) is 13.2. The summed E-state index contributed by atoms with van der Waals surface area (Å²) >= 11 is 0. The number of aliphatic hydroxyl groups is 2. The summed E-state index contributed by atoms with van der Waals surface area (Å²) in [6, 6.07) is 11.2. The van der Waals surface area contributed by atoms with Gasteiger partial charge in [0.05, 0.1) is 26.1 Å². The number of hydrogen-bond donors (Lipinski definition) is 2. The van der Waals surface area contributed by atoms with Gasteiger partial charge < -0.3 is 19.7 Å². The second-order valence-electron chi connectivity index (χ2n) is 6.34. The van der Waals surface area contributed by atoms with Gasteiger partial charge in [-0.3, -0.25) is 9.59 Å². The summed E-state index contributed by atoms with van der Waals surface area (Å²) in [7, 11) is 0. The molecule has 0 radical (unpaired) electrons. The van der Waals surface area contributed by atoms with Gasteiger partial charge in [0.15, 0.2) is 0 Å². The van der Waals surface area contributed by atoms with Crippen LogP contribution >= 0.6 is 0 Å². The van der Waals surface area contributed by atoms with Gasteiger partial charge in [0.2, 0.25) is 0 Å². The Kier molecular flexibility index (Phi) is 7.12. The molecule has 2 aromatic rings. The smallest absolute Gasteiger partial charge is 0.310 e. The van der Waals surface area contributed by atoms with Crippen LogP contribution in [0.5, 0.6) is 0 Å². The average molecular weight is 360 g/mol. The Bertz CT molecular complexity index is 705. The highest BCUT2D eigenvalue weighted by Crippen LogP contribution is 2.19. The standard InChI is InChI=1S/C20H24O6/c1-13(11-21)25-19(23)9-15-3-5-18-8-16(4-6-17(18)7-15)10-20(24)26-14(2)12-22/h3-8,13-14,21-22H,9-12H2,1-2H3. The maximum absolute atomic E-state index is 11.8. The number of carbonyl (C=O) groups is 2. The molecule has 2 N–H and O–H groups in total. The van der Waals surface area contributed by atoms with Crippen LogP contribution in [-0.4, -0.2) is 47.6 Å². The second kappa shape index (κ2) is 9.31. The lowest BCUT2D eigenvalue weighted by Crippen LogP contribution is -2.19. The quantitative estimate of drug-likeness (QED) is 0.697. The average Bonchev–Trinajstić information content (AvgIpc) is 2.61. The first-order chi connectivity index (χ1) is 12.4. The largest absolute Gasteiger partial charge is 0.460 e. The van der Waals surface area contributed by atoms with E-state index in [-0.39, 0.29) is 38.0 Å². The van der Waals surface area contributed by atoms with E-state index < -0.39 is 12.2 Å². The minimum absolute atomic E-state index is 0.132. The highest BCUT2D eigenvalue weighted by molar-refractivity contribution is 5.86. The van der Waals surface area contributed by atoms with Crippen molar-refractivity contribution in [3.8, 4) is 0 Å². The Hall–Kier alpha value is -2.44. The summed E-state index contributed by atoms with van der Waals surface area (Å²) in [6.45, 7) is 2.86. The molecule has 6 nitrogen and oxygen atoms in total. The molecule has 26 heavy (non-hydrogen) atoms. The molecule has 0 bridgehead atoms. The Balaban J connectivity index is 2.05. The number of benzene rings is 2. The summed E-state index contributed by atoms with van der Waals surface area (Å²) in [4.78, 5) is 23.6. The third-order valence-electron chi connectivity index (χ3n) is 3.85. The van der Waals surface area contributed by atoms with Crippen LogP contribution in [0, 0.1) is 0 Å². The van der Waals surface area contributed by atoms with Gasteiger partial charge in [0.1, 0.15) is 12.2 Å². The van der Waals surface area contributed by atoms with E-state index in [9.17, 15) is 9.59 Å². The minimum Gasteiger partial charge on any atom is -0.460 e. The SMILES string of the molecule is CC(CO)OC(=O)Cc1ccc2cc(CC(=O)OC(C)CO)ccc2c1. The molecule has 0 saturated carbocycles. The summed E-state index contributed by atoms with van der Waals surface area (Å²) in [5, 5.41) is 19.7. The van der Waals surface area contributed by atoms with Crippen molar-refractivity contribution in [3.63, 3.8) is 0 Å². The predicted molar refractivity (Wildman–Crippen MR) is 96.6 cm³/mol. The first-order valence-electron chi connectivity index (χ1n) is 8.53. The molecule has 140 valence electrons. The van der Waals surface area contributed by atoms with E-state index in [2.05, 4.69) is 0 Å². The number of esters is 2. The highest BCUT2D eigenvalue weighted by Gasteiger charge is 2.12. The third kappa shape index (κ3) is 5.82. The molecule has 6 heteroatoms. The molecular formula is C20H24O6. The minimum atomic E-state index is -0.515. The van der Waals surface area contributed by atoms with Crippen LogP contribution in [0.25, 0.3) is 10.8 Å². The van der Waals surface area contributed by atoms with Crippen LogP contribution in [0.15, 0.2) is 36.4 Å². The number of rotatable bonds is 8. The molecule has 2 rings (SSSR count). The van der Waals surface area contributed by atoms with Crippen molar-refractivity contribution in [1.29, 1.82) is 0 Å². The van der Waals surface area contributed by atoms with Gasteiger partial charge in [0, 0.05) is 0 Å². The molecule has 2 atom stereocenters. The zero-order chi connectivity index (χ0) is 19.1. The monoisotopic (exact) mass is 360 g/mol. The molecule has 0 aliphatic heterocycles. The molecule has 2 aromatic carbocycles.